The Hall–Kier alpha value is -0.870. The molecule has 2 aliphatic rings. The molecule has 1 aromatic carbocycles. The molecule has 0 bridgehead atoms. The number of nitrogens with one attached hydrogen (secondary N) is 1. The maximum atomic E-state index is 12.1. The fraction of sp³-hybridized carbons (Fsp3) is 0.562. The summed E-state index contributed by atoms with van der Waals surface area (Å²) >= 11 is 0. The van der Waals surface area contributed by atoms with Gasteiger partial charge in [0.25, 0.3) is 0 Å². The molecule has 1 saturated carbocycles. The Morgan fingerprint density at radius 1 is 1.17 bits per heavy atom. The average Bonchev–Trinajstić information content (AvgIpc) is 3.37. The number of hydrogen-bond donors (Lipinski definition) is 2. The molecule has 24 heavy (non-hydrogen) atoms. The number of piperidine rings is 1. The standard InChI is InChI=1S/C16H24N4O2S.HI/c17-16(20-10-2-1-3-11-20)18-12-13-4-8-15(9-5-13)23(21,22)19-14-6-7-14;/h4-5,8-9,14,19H,1-3,6-7,10-12H2,(H2,17,18);1H. The topological polar surface area (TPSA) is 87.8 Å². The third-order valence-corrected chi connectivity index (χ3v) is 5.77. The van der Waals surface area contributed by atoms with Gasteiger partial charge < -0.3 is 10.6 Å². The van der Waals surface area contributed by atoms with Crippen molar-refractivity contribution in [2.75, 3.05) is 13.1 Å². The SMILES string of the molecule is I.NC(=NCc1ccc(S(=O)(=O)NC2CC2)cc1)N1CCCCC1. The molecule has 134 valence electrons. The van der Waals surface area contributed by atoms with Crippen molar-refractivity contribution >= 4 is 40.0 Å². The molecule has 1 aromatic rings. The van der Waals surface area contributed by atoms with E-state index >= 15 is 0 Å². The van der Waals surface area contributed by atoms with Crippen LogP contribution in [0.15, 0.2) is 34.2 Å². The minimum absolute atomic E-state index is 0. The average molecular weight is 464 g/mol. The summed E-state index contributed by atoms with van der Waals surface area (Å²) in [6, 6.07) is 6.98. The second-order valence-electron chi connectivity index (χ2n) is 6.26. The zero-order valence-corrected chi connectivity index (χ0v) is 16.8. The quantitative estimate of drug-likeness (QED) is 0.397. The molecule has 3 N–H and O–H groups in total. The minimum atomic E-state index is -3.38. The first-order valence-corrected chi connectivity index (χ1v) is 9.69. The number of sulfonamides is 1. The molecule has 0 atom stereocenters. The van der Waals surface area contributed by atoms with Crippen molar-refractivity contribution in [2.45, 2.75) is 49.6 Å². The molecule has 0 spiro atoms. The lowest BCUT2D eigenvalue weighted by atomic mass is 10.1. The molecule has 0 amide bonds. The molecule has 6 nitrogen and oxygen atoms in total. The molecule has 1 saturated heterocycles. The minimum Gasteiger partial charge on any atom is -0.370 e. The fourth-order valence-electron chi connectivity index (χ4n) is 2.66. The summed E-state index contributed by atoms with van der Waals surface area (Å²) in [6.45, 7) is 2.41. The molecule has 2 fully saturated rings. The van der Waals surface area contributed by atoms with Crippen LogP contribution in [0.3, 0.4) is 0 Å². The molecule has 3 rings (SSSR count). The zero-order valence-electron chi connectivity index (χ0n) is 13.6. The highest BCUT2D eigenvalue weighted by molar-refractivity contribution is 14.0. The second-order valence-corrected chi connectivity index (χ2v) is 7.98. The van der Waals surface area contributed by atoms with E-state index < -0.39 is 10.0 Å². The highest BCUT2D eigenvalue weighted by Gasteiger charge is 2.27. The molecule has 0 aromatic heterocycles. The molecular formula is C16H25IN4O2S. The van der Waals surface area contributed by atoms with Crippen molar-refractivity contribution in [1.82, 2.24) is 9.62 Å². The van der Waals surface area contributed by atoms with Crippen LogP contribution < -0.4 is 10.5 Å². The van der Waals surface area contributed by atoms with Crippen LogP contribution in [0.5, 0.6) is 0 Å². The van der Waals surface area contributed by atoms with E-state index in [1.54, 1.807) is 24.3 Å². The summed E-state index contributed by atoms with van der Waals surface area (Å²) in [5.74, 6) is 0.580. The number of guanidine groups is 1. The van der Waals surface area contributed by atoms with Crippen LogP contribution in [0.1, 0.15) is 37.7 Å². The van der Waals surface area contributed by atoms with Gasteiger partial charge in [-0.2, -0.15) is 0 Å². The first-order chi connectivity index (χ1) is 11.0. The normalized spacial score (nSPS) is 19.0. The van der Waals surface area contributed by atoms with Crippen LogP contribution >= 0.6 is 24.0 Å². The Balaban J connectivity index is 0.00000208. The summed E-state index contributed by atoms with van der Waals surface area (Å²) in [7, 11) is -3.38. The first-order valence-electron chi connectivity index (χ1n) is 8.21. The van der Waals surface area contributed by atoms with E-state index in [4.69, 9.17) is 5.73 Å². The molecular weight excluding hydrogens is 439 g/mol. The van der Waals surface area contributed by atoms with Gasteiger partial charge in [0.2, 0.25) is 10.0 Å². The number of aliphatic imine (C=N–C) groups is 1. The van der Waals surface area contributed by atoms with Gasteiger partial charge in [-0.05, 0) is 49.8 Å². The molecule has 0 unspecified atom stereocenters. The van der Waals surface area contributed by atoms with E-state index in [0.29, 0.717) is 17.4 Å². The summed E-state index contributed by atoms with van der Waals surface area (Å²) in [5.41, 5.74) is 6.98. The Bertz CT molecular complexity index is 666. The summed E-state index contributed by atoms with van der Waals surface area (Å²) < 4.78 is 26.9. The molecule has 1 aliphatic heterocycles. The van der Waals surface area contributed by atoms with E-state index in [2.05, 4.69) is 14.6 Å². The third-order valence-electron chi connectivity index (χ3n) is 4.24. The summed E-state index contributed by atoms with van der Waals surface area (Å²) in [6.07, 6.45) is 5.45. The smallest absolute Gasteiger partial charge is 0.240 e. The first kappa shape index (κ1) is 19.5. The van der Waals surface area contributed by atoms with Gasteiger partial charge in [-0.1, -0.05) is 12.1 Å². The van der Waals surface area contributed by atoms with Crippen molar-refractivity contribution in [3.63, 3.8) is 0 Å². The van der Waals surface area contributed by atoms with Crippen LogP contribution in [0.4, 0.5) is 0 Å². The van der Waals surface area contributed by atoms with Crippen LogP contribution in [0.25, 0.3) is 0 Å². The second kappa shape index (κ2) is 8.48. The van der Waals surface area contributed by atoms with Crippen molar-refractivity contribution in [1.29, 1.82) is 0 Å². The lowest BCUT2D eigenvalue weighted by Gasteiger charge is -2.27. The Morgan fingerprint density at radius 2 is 1.79 bits per heavy atom. The lowest BCUT2D eigenvalue weighted by Crippen LogP contribution is -2.40. The molecule has 1 aliphatic carbocycles. The highest BCUT2D eigenvalue weighted by Crippen LogP contribution is 2.22. The summed E-state index contributed by atoms with van der Waals surface area (Å²) in [4.78, 5) is 6.84. The van der Waals surface area contributed by atoms with Gasteiger partial charge in [-0.15, -0.1) is 24.0 Å². The van der Waals surface area contributed by atoms with Gasteiger partial charge in [0, 0.05) is 19.1 Å². The predicted molar refractivity (Wildman–Crippen MR) is 106 cm³/mol. The third kappa shape index (κ3) is 5.32. The molecule has 8 heteroatoms. The van der Waals surface area contributed by atoms with Crippen LogP contribution in [0, 0.1) is 0 Å². The number of hydrogen-bond acceptors (Lipinski definition) is 3. The fourth-order valence-corrected chi connectivity index (χ4v) is 3.96. The number of halogens is 1. The summed E-state index contributed by atoms with van der Waals surface area (Å²) in [5, 5.41) is 0. The van der Waals surface area contributed by atoms with Crippen LogP contribution in [0.2, 0.25) is 0 Å². The van der Waals surface area contributed by atoms with Gasteiger partial charge in [0.1, 0.15) is 0 Å². The maximum Gasteiger partial charge on any atom is 0.240 e. The van der Waals surface area contributed by atoms with Crippen LogP contribution in [-0.4, -0.2) is 38.4 Å². The Morgan fingerprint density at radius 3 is 2.38 bits per heavy atom. The van der Waals surface area contributed by atoms with E-state index in [1.165, 1.54) is 6.42 Å². The predicted octanol–water partition coefficient (Wildman–Crippen LogP) is 2.05. The van der Waals surface area contributed by atoms with Gasteiger partial charge in [-0.3, -0.25) is 0 Å². The Kier molecular flexibility index (Phi) is 6.88. The van der Waals surface area contributed by atoms with Crippen LogP contribution in [-0.2, 0) is 16.6 Å². The van der Waals surface area contributed by atoms with E-state index in [1.807, 2.05) is 0 Å². The lowest BCUT2D eigenvalue weighted by molar-refractivity contribution is 0.338. The van der Waals surface area contributed by atoms with Crippen molar-refractivity contribution in [3.8, 4) is 0 Å². The monoisotopic (exact) mass is 464 g/mol. The number of rotatable bonds is 5. The van der Waals surface area contributed by atoms with Gasteiger partial charge in [0.05, 0.1) is 11.4 Å². The largest absolute Gasteiger partial charge is 0.370 e. The van der Waals surface area contributed by atoms with E-state index in [0.717, 1.165) is 44.3 Å². The van der Waals surface area contributed by atoms with Gasteiger partial charge in [0.15, 0.2) is 5.96 Å². The highest BCUT2D eigenvalue weighted by atomic mass is 127. The van der Waals surface area contributed by atoms with Crippen molar-refractivity contribution in [2.24, 2.45) is 10.7 Å². The van der Waals surface area contributed by atoms with E-state index in [-0.39, 0.29) is 30.0 Å². The number of nitrogens with zero attached hydrogens (tertiary/aromatic N) is 2. The van der Waals surface area contributed by atoms with Gasteiger partial charge in [-0.25, -0.2) is 18.1 Å². The zero-order chi connectivity index (χ0) is 16.3. The number of likely N-dealkylation sites (tertiary alicyclic amines) is 1. The number of nitrogens with two attached hydrogens (primary N) is 1. The molecule has 0 radical (unpaired) electrons. The van der Waals surface area contributed by atoms with Gasteiger partial charge >= 0.3 is 0 Å². The van der Waals surface area contributed by atoms with E-state index in [9.17, 15) is 8.42 Å². The Labute approximate surface area is 161 Å². The molecule has 1 heterocycles. The number of benzene rings is 1. The van der Waals surface area contributed by atoms with Crippen molar-refractivity contribution in [3.05, 3.63) is 29.8 Å². The maximum absolute atomic E-state index is 12.1. The van der Waals surface area contributed by atoms with Crippen molar-refractivity contribution < 1.29 is 8.42 Å².